The Hall–Kier alpha value is -1.03. The Balaban J connectivity index is 1.59. The van der Waals surface area contributed by atoms with Crippen LogP contribution in [0.5, 0.6) is 0 Å². The first-order valence-electron chi connectivity index (χ1n) is 6.39. The van der Waals surface area contributed by atoms with Gasteiger partial charge in [-0.1, -0.05) is 42.5 Å². The molecule has 0 bridgehead atoms. The minimum absolute atomic E-state index is 0.631. The molecule has 0 heterocycles. The smallest absolute Gasteiger partial charge is 0.0478 e. The van der Waals surface area contributed by atoms with Crippen LogP contribution in [0.25, 0.3) is 0 Å². The van der Waals surface area contributed by atoms with Gasteiger partial charge in [0.05, 0.1) is 0 Å². The lowest BCUT2D eigenvalue weighted by Crippen LogP contribution is -2.34. The molecular formula is C16H16IN. The van der Waals surface area contributed by atoms with Crippen LogP contribution in [0.15, 0.2) is 54.6 Å². The number of benzene rings is 2. The summed E-state index contributed by atoms with van der Waals surface area (Å²) in [6, 6.07) is 20.0. The Morgan fingerprint density at radius 2 is 1.56 bits per heavy atom. The van der Waals surface area contributed by atoms with Crippen LogP contribution in [0.2, 0.25) is 0 Å². The number of hydrogen-bond acceptors (Lipinski definition) is 1. The summed E-state index contributed by atoms with van der Waals surface area (Å²) in [7, 11) is 0. The standard InChI is InChI=1S/C16H16IN/c17-15-8-4-5-9-16(15)18-14-10-13(11-14)12-6-2-1-3-7-12/h1-9,13-14,18H,10-11H2. The van der Waals surface area contributed by atoms with Crippen molar-refractivity contribution in [1.82, 2.24) is 0 Å². The van der Waals surface area contributed by atoms with Gasteiger partial charge in [-0.05, 0) is 59.0 Å². The number of halogens is 1. The summed E-state index contributed by atoms with van der Waals surface area (Å²) in [5, 5.41) is 3.64. The molecule has 0 saturated heterocycles. The van der Waals surface area contributed by atoms with Gasteiger partial charge in [0.1, 0.15) is 0 Å². The van der Waals surface area contributed by atoms with Crippen molar-refractivity contribution in [3.63, 3.8) is 0 Å². The van der Waals surface area contributed by atoms with Gasteiger partial charge in [0, 0.05) is 15.3 Å². The summed E-state index contributed by atoms with van der Waals surface area (Å²) in [4.78, 5) is 0. The molecule has 2 aromatic carbocycles. The van der Waals surface area contributed by atoms with E-state index in [0.717, 1.165) is 5.92 Å². The van der Waals surface area contributed by atoms with E-state index >= 15 is 0 Å². The predicted octanol–water partition coefficient (Wildman–Crippen LogP) is 4.65. The highest BCUT2D eigenvalue weighted by Crippen LogP contribution is 2.38. The summed E-state index contributed by atoms with van der Waals surface area (Å²) in [6.45, 7) is 0. The maximum Gasteiger partial charge on any atom is 0.0478 e. The Kier molecular flexibility index (Phi) is 3.55. The van der Waals surface area contributed by atoms with Gasteiger partial charge in [-0.15, -0.1) is 0 Å². The Morgan fingerprint density at radius 1 is 0.889 bits per heavy atom. The summed E-state index contributed by atoms with van der Waals surface area (Å²) >= 11 is 2.39. The van der Waals surface area contributed by atoms with E-state index in [2.05, 4.69) is 82.5 Å². The maximum absolute atomic E-state index is 3.64. The predicted molar refractivity (Wildman–Crippen MR) is 85.0 cm³/mol. The van der Waals surface area contributed by atoms with E-state index in [1.54, 1.807) is 0 Å². The van der Waals surface area contributed by atoms with Crippen LogP contribution >= 0.6 is 22.6 Å². The van der Waals surface area contributed by atoms with Crippen LogP contribution in [0.3, 0.4) is 0 Å². The van der Waals surface area contributed by atoms with Gasteiger partial charge >= 0.3 is 0 Å². The van der Waals surface area contributed by atoms with E-state index in [4.69, 9.17) is 0 Å². The zero-order chi connectivity index (χ0) is 12.4. The summed E-state index contributed by atoms with van der Waals surface area (Å²) in [5.41, 5.74) is 2.76. The van der Waals surface area contributed by atoms with Gasteiger partial charge in [0.15, 0.2) is 0 Å². The van der Waals surface area contributed by atoms with Crippen LogP contribution in [0, 0.1) is 3.57 Å². The largest absolute Gasteiger partial charge is 0.381 e. The van der Waals surface area contributed by atoms with Crippen molar-refractivity contribution in [1.29, 1.82) is 0 Å². The zero-order valence-electron chi connectivity index (χ0n) is 10.1. The SMILES string of the molecule is Ic1ccccc1NC1CC(c2ccccc2)C1. The molecule has 0 aliphatic heterocycles. The molecule has 1 nitrogen and oxygen atoms in total. The number of nitrogens with one attached hydrogen (secondary N) is 1. The van der Waals surface area contributed by atoms with Crippen molar-refractivity contribution < 1.29 is 0 Å². The zero-order valence-corrected chi connectivity index (χ0v) is 12.3. The molecule has 1 aliphatic rings. The second kappa shape index (κ2) is 5.31. The van der Waals surface area contributed by atoms with E-state index in [-0.39, 0.29) is 0 Å². The van der Waals surface area contributed by atoms with Gasteiger partial charge in [0.2, 0.25) is 0 Å². The topological polar surface area (TPSA) is 12.0 Å². The van der Waals surface area contributed by atoms with Crippen molar-refractivity contribution in [2.24, 2.45) is 0 Å². The molecule has 1 N–H and O–H groups in total. The minimum Gasteiger partial charge on any atom is -0.381 e. The number of anilines is 1. The molecule has 1 aliphatic carbocycles. The fraction of sp³-hybridized carbons (Fsp3) is 0.250. The maximum atomic E-state index is 3.64. The Labute approximate surface area is 122 Å². The van der Waals surface area contributed by atoms with Crippen LogP contribution in [-0.2, 0) is 0 Å². The molecular weight excluding hydrogens is 333 g/mol. The summed E-state index contributed by atoms with van der Waals surface area (Å²) in [5.74, 6) is 0.741. The van der Waals surface area contributed by atoms with Crippen LogP contribution in [-0.4, -0.2) is 6.04 Å². The lowest BCUT2D eigenvalue weighted by molar-refractivity contribution is 0.374. The average molecular weight is 349 g/mol. The second-order valence-electron chi connectivity index (χ2n) is 4.90. The molecule has 92 valence electrons. The molecule has 0 amide bonds. The highest BCUT2D eigenvalue weighted by atomic mass is 127. The molecule has 2 aromatic rings. The molecule has 18 heavy (non-hydrogen) atoms. The van der Waals surface area contributed by atoms with E-state index in [1.165, 1.54) is 27.7 Å². The molecule has 0 unspecified atom stereocenters. The third kappa shape index (κ3) is 2.53. The third-order valence-corrected chi connectivity index (χ3v) is 4.58. The Morgan fingerprint density at radius 3 is 2.28 bits per heavy atom. The summed E-state index contributed by atoms with van der Waals surface area (Å²) < 4.78 is 1.30. The number of hydrogen-bond donors (Lipinski definition) is 1. The first-order chi connectivity index (χ1) is 8.83. The number of para-hydroxylation sites is 1. The van der Waals surface area contributed by atoms with Crippen LogP contribution in [0.4, 0.5) is 5.69 Å². The molecule has 1 fully saturated rings. The fourth-order valence-electron chi connectivity index (χ4n) is 2.53. The number of rotatable bonds is 3. The average Bonchev–Trinajstić information content (AvgIpc) is 2.36. The molecule has 0 radical (unpaired) electrons. The lowest BCUT2D eigenvalue weighted by atomic mass is 9.76. The quantitative estimate of drug-likeness (QED) is 0.796. The van der Waals surface area contributed by atoms with Crippen LogP contribution < -0.4 is 5.32 Å². The molecule has 0 spiro atoms. The third-order valence-electron chi connectivity index (χ3n) is 3.64. The van der Waals surface area contributed by atoms with Crippen molar-refractivity contribution in [2.75, 3.05) is 5.32 Å². The van der Waals surface area contributed by atoms with Gasteiger partial charge in [0.25, 0.3) is 0 Å². The Bertz CT molecular complexity index is 518. The highest BCUT2D eigenvalue weighted by molar-refractivity contribution is 14.1. The molecule has 1 saturated carbocycles. The molecule has 3 rings (SSSR count). The normalized spacial score (nSPS) is 22.3. The van der Waals surface area contributed by atoms with Crippen molar-refractivity contribution in [2.45, 2.75) is 24.8 Å². The van der Waals surface area contributed by atoms with E-state index in [9.17, 15) is 0 Å². The lowest BCUT2D eigenvalue weighted by Gasteiger charge is -2.37. The van der Waals surface area contributed by atoms with Crippen molar-refractivity contribution in [3.8, 4) is 0 Å². The fourth-order valence-corrected chi connectivity index (χ4v) is 3.07. The minimum atomic E-state index is 0.631. The monoisotopic (exact) mass is 349 g/mol. The van der Waals surface area contributed by atoms with E-state index in [0.29, 0.717) is 6.04 Å². The summed E-state index contributed by atoms with van der Waals surface area (Å²) in [6.07, 6.45) is 2.49. The van der Waals surface area contributed by atoms with Crippen molar-refractivity contribution in [3.05, 3.63) is 63.7 Å². The second-order valence-corrected chi connectivity index (χ2v) is 6.06. The van der Waals surface area contributed by atoms with Crippen LogP contribution in [0.1, 0.15) is 24.3 Å². The molecule has 0 atom stereocenters. The van der Waals surface area contributed by atoms with Gasteiger partial charge in [-0.2, -0.15) is 0 Å². The first-order valence-corrected chi connectivity index (χ1v) is 7.47. The molecule has 0 aromatic heterocycles. The van der Waals surface area contributed by atoms with Gasteiger partial charge in [-0.3, -0.25) is 0 Å². The molecule has 2 heteroatoms. The van der Waals surface area contributed by atoms with E-state index < -0.39 is 0 Å². The first kappa shape index (κ1) is 12.0. The van der Waals surface area contributed by atoms with Gasteiger partial charge in [-0.25, -0.2) is 0 Å². The van der Waals surface area contributed by atoms with E-state index in [1.807, 2.05) is 0 Å². The van der Waals surface area contributed by atoms with Crippen molar-refractivity contribution >= 4 is 28.3 Å². The van der Waals surface area contributed by atoms with Gasteiger partial charge < -0.3 is 5.32 Å². The highest BCUT2D eigenvalue weighted by Gasteiger charge is 2.30.